The predicted octanol–water partition coefficient (Wildman–Crippen LogP) is 3.83. The fourth-order valence-corrected chi connectivity index (χ4v) is 9.93. The van der Waals surface area contributed by atoms with Crippen molar-refractivity contribution < 1.29 is 33.3 Å². The van der Waals surface area contributed by atoms with Gasteiger partial charge in [0, 0.05) is 45.2 Å². The van der Waals surface area contributed by atoms with Crippen molar-refractivity contribution in [3.05, 3.63) is 51.2 Å². The Bertz CT molecular complexity index is 1330. The number of nitro benzene ring substituents is 1. The second-order valence-electron chi connectivity index (χ2n) is 12.4. The molecule has 3 aliphatic rings. The molecule has 240 valence electrons. The van der Waals surface area contributed by atoms with Crippen LogP contribution in [0.15, 0.2) is 35.5 Å². The third-order valence-electron chi connectivity index (χ3n) is 9.82. The zero-order chi connectivity index (χ0) is 32.5. The lowest BCUT2D eigenvalue weighted by Crippen LogP contribution is -2.65. The molecule has 0 saturated carbocycles. The largest absolute Gasteiger partial charge is 0.413 e. The number of non-ortho nitro benzene ring substituents is 1. The van der Waals surface area contributed by atoms with E-state index in [1.54, 1.807) is 19.0 Å². The Kier molecular flexibility index (Phi) is 10.1. The second kappa shape index (κ2) is 13.3. The Labute approximate surface area is 259 Å². The highest BCUT2D eigenvalue weighted by Gasteiger charge is 2.61. The van der Waals surface area contributed by atoms with Crippen LogP contribution in [0.3, 0.4) is 0 Å². The number of fused-ring (bicyclic) bond motifs is 1. The molecule has 2 fully saturated rings. The van der Waals surface area contributed by atoms with Crippen molar-refractivity contribution in [3.8, 4) is 0 Å². The lowest BCUT2D eigenvalue weighted by Gasteiger charge is -2.49. The number of esters is 2. The predicted molar refractivity (Wildman–Crippen MR) is 165 cm³/mol. The van der Waals surface area contributed by atoms with Gasteiger partial charge in [-0.15, -0.1) is 0 Å². The minimum atomic E-state index is -2.01. The molecule has 13 heteroatoms. The van der Waals surface area contributed by atoms with E-state index in [9.17, 15) is 29.3 Å². The van der Waals surface area contributed by atoms with Gasteiger partial charge in [0.2, 0.25) is 11.8 Å². The van der Waals surface area contributed by atoms with Crippen LogP contribution in [-0.2, 0) is 23.5 Å². The second-order valence-corrected chi connectivity index (χ2v) is 17.1. The third kappa shape index (κ3) is 6.22. The van der Waals surface area contributed by atoms with Crippen LogP contribution in [-0.4, -0.2) is 97.6 Å². The molecule has 1 aromatic rings. The summed E-state index contributed by atoms with van der Waals surface area (Å²) in [6, 6.07) is 7.30. The van der Waals surface area contributed by atoms with Crippen molar-refractivity contribution in [2.45, 2.75) is 71.3 Å². The van der Waals surface area contributed by atoms with Gasteiger partial charge >= 0.3 is 11.9 Å². The molecule has 2 amide bonds. The van der Waals surface area contributed by atoms with Gasteiger partial charge in [-0.25, -0.2) is 9.59 Å². The first-order chi connectivity index (χ1) is 20.8. The summed E-state index contributed by atoms with van der Waals surface area (Å²) in [6.45, 7) is 11.9. The molecule has 1 aromatic carbocycles. The van der Waals surface area contributed by atoms with Crippen LogP contribution in [0.25, 0.3) is 0 Å². The standard InChI is InChI=1S/C31H44N4O8Si/c1-8-44(9-2,10-3)43-20(5)25-26-19(4)24(18-33-16-15-22(17-33)28(36)32(6)7)27(34(26)29(25)37)31(39)42-30(38)21-11-13-23(14-12-21)35(40)41/h11-14,19-20,22,25-26H,8-10,15-18H2,1-7H3/t19-,20?,22-,25+,26+/m0/s1. The van der Waals surface area contributed by atoms with Crippen LogP contribution in [0.4, 0.5) is 5.69 Å². The number of nitrogens with zero attached hydrogens (tertiary/aromatic N) is 4. The Morgan fingerprint density at radius 1 is 1.09 bits per heavy atom. The first-order valence-corrected chi connectivity index (χ1v) is 18.0. The van der Waals surface area contributed by atoms with E-state index in [1.165, 1.54) is 17.0 Å². The molecule has 5 atom stereocenters. The molecular formula is C31H44N4O8Si. The third-order valence-corrected chi connectivity index (χ3v) is 14.6. The lowest BCUT2D eigenvalue weighted by atomic mass is 9.77. The van der Waals surface area contributed by atoms with Crippen molar-refractivity contribution in [2.75, 3.05) is 33.7 Å². The normalized spacial score (nSPS) is 24.2. The van der Waals surface area contributed by atoms with E-state index >= 15 is 0 Å². The minimum absolute atomic E-state index is 0.0203. The zero-order valence-corrected chi connectivity index (χ0v) is 27.7. The van der Waals surface area contributed by atoms with Gasteiger partial charge in [0.25, 0.3) is 5.69 Å². The highest BCUT2D eigenvalue weighted by molar-refractivity contribution is 6.73. The Morgan fingerprint density at radius 3 is 2.25 bits per heavy atom. The van der Waals surface area contributed by atoms with Crippen molar-refractivity contribution in [3.63, 3.8) is 0 Å². The first kappa shape index (κ1) is 33.5. The number of nitro groups is 1. The van der Waals surface area contributed by atoms with E-state index in [2.05, 4.69) is 25.7 Å². The smallest absolute Gasteiger partial charge is 0.362 e. The van der Waals surface area contributed by atoms with E-state index in [4.69, 9.17) is 9.16 Å². The summed E-state index contributed by atoms with van der Waals surface area (Å²) in [7, 11) is 1.45. The minimum Gasteiger partial charge on any atom is -0.413 e. The van der Waals surface area contributed by atoms with E-state index in [-0.39, 0.29) is 52.7 Å². The van der Waals surface area contributed by atoms with Crippen molar-refractivity contribution in [1.82, 2.24) is 14.7 Å². The van der Waals surface area contributed by atoms with E-state index in [1.807, 2.05) is 13.8 Å². The highest BCUT2D eigenvalue weighted by Crippen LogP contribution is 2.49. The summed E-state index contributed by atoms with van der Waals surface area (Å²) in [6.07, 6.45) is 0.360. The number of carbonyl (C=O) groups excluding carboxylic acids is 4. The van der Waals surface area contributed by atoms with Crippen LogP contribution < -0.4 is 0 Å². The molecule has 44 heavy (non-hydrogen) atoms. The number of rotatable bonds is 12. The number of benzene rings is 1. The average molecular weight is 629 g/mol. The molecule has 0 bridgehead atoms. The molecule has 3 heterocycles. The van der Waals surface area contributed by atoms with E-state index in [0.717, 1.165) is 30.3 Å². The monoisotopic (exact) mass is 628 g/mol. The summed E-state index contributed by atoms with van der Waals surface area (Å²) in [5.74, 6) is -2.87. The van der Waals surface area contributed by atoms with Crippen molar-refractivity contribution in [1.29, 1.82) is 0 Å². The van der Waals surface area contributed by atoms with Crippen LogP contribution in [0.5, 0.6) is 0 Å². The molecular weight excluding hydrogens is 584 g/mol. The number of carbonyl (C=O) groups is 4. The van der Waals surface area contributed by atoms with Gasteiger partial charge < -0.3 is 19.0 Å². The maximum absolute atomic E-state index is 13.8. The van der Waals surface area contributed by atoms with Gasteiger partial charge in [0.05, 0.1) is 34.5 Å². The molecule has 4 rings (SSSR count). The fourth-order valence-electron chi connectivity index (χ4n) is 6.99. The molecule has 1 unspecified atom stereocenters. The van der Waals surface area contributed by atoms with E-state index < -0.39 is 31.1 Å². The molecule has 0 spiro atoms. The van der Waals surface area contributed by atoms with Gasteiger partial charge in [-0.2, -0.15) is 0 Å². The summed E-state index contributed by atoms with van der Waals surface area (Å²) < 4.78 is 12.0. The van der Waals surface area contributed by atoms with Gasteiger partial charge in [-0.3, -0.25) is 24.6 Å². The molecule has 0 aromatic heterocycles. The zero-order valence-electron chi connectivity index (χ0n) is 26.7. The molecule has 0 radical (unpaired) electrons. The maximum Gasteiger partial charge on any atom is 0.362 e. The highest BCUT2D eigenvalue weighted by atomic mass is 28.4. The van der Waals surface area contributed by atoms with Crippen LogP contribution in [0.2, 0.25) is 18.1 Å². The number of β-lactam (4-membered cyclic amide) rings is 1. The van der Waals surface area contributed by atoms with Gasteiger partial charge in [-0.05, 0) is 55.7 Å². The van der Waals surface area contributed by atoms with Gasteiger partial charge in [-0.1, -0.05) is 27.7 Å². The number of likely N-dealkylation sites (tertiary alicyclic amines) is 1. The first-order valence-electron chi connectivity index (χ1n) is 15.5. The number of hydrogen-bond donors (Lipinski definition) is 0. The van der Waals surface area contributed by atoms with Crippen LogP contribution in [0.1, 0.15) is 51.4 Å². The molecule has 2 saturated heterocycles. The number of ether oxygens (including phenoxy) is 1. The summed E-state index contributed by atoms with van der Waals surface area (Å²) in [5, 5.41) is 11.0. The van der Waals surface area contributed by atoms with Gasteiger partial charge in [0.15, 0.2) is 8.32 Å². The summed E-state index contributed by atoms with van der Waals surface area (Å²) in [5.41, 5.74) is 0.547. The quantitative estimate of drug-likeness (QED) is 0.0844. The SMILES string of the molecule is CC[Si](CC)(CC)OC(C)[C@H]1C(=O)N2C(C(=O)OC(=O)c3ccc([N+](=O)[O-])cc3)=C(CN3CC[C@H](C(=O)N(C)C)C3)[C@H](C)[C@H]12. The average Bonchev–Trinajstić information content (AvgIpc) is 3.56. The Balaban J connectivity index is 1.60. The molecule has 0 N–H and O–H groups in total. The topological polar surface area (TPSA) is 140 Å². The Hall–Kier alpha value is -3.42. The van der Waals surface area contributed by atoms with Crippen molar-refractivity contribution >= 4 is 37.8 Å². The lowest BCUT2D eigenvalue weighted by molar-refractivity contribution is -0.384. The Morgan fingerprint density at radius 2 is 1.70 bits per heavy atom. The van der Waals surface area contributed by atoms with Crippen molar-refractivity contribution in [2.24, 2.45) is 17.8 Å². The van der Waals surface area contributed by atoms with Crippen LogP contribution >= 0.6 is 0 Å². The molecule has 12 nitrogen and oxygen atoms in total. The van der Waals surface area contributed by atoms with Gasteiger partial charge in [0.1, 0.15) is 5.70 Å². The molecule has 3 aliphatic heterocycles. The van der Waals surface area contributed by atoms with Crippen LogP contribution in [0, 0.1) is 27.9 Å². The number of hydrogen-bond acceptors (Lipinski definition) is 9. The number of amides is 2. The van der Waals surface area contributed by atoms with E-state index in [0.29, 0.717) is 31.6 Å². The summed E-state index contributed by atoms with van der Waals surface area (Å²) >= 11 is 0. The fraction of sp³-hybridized carbons (Fsp3) is 0.613. The maximum atomic E-state index is 13.8. The summed E-state index contributed by atoms with van der Waals surface area (Å²) in [4.78, 5) is 68.5. The molecule has 0 aliphatic carbocycles.